The smallest absolute Gasteiger partial charge is 0.416 e. The van der Waals surface area contributed by atoms with Crippen molar-refractivity contribution < 1.29 is 60.1 Å². The van der Waals surface area contributed by atoms with Crippen molar-refractivity contribution in [2.45, 2.75) is 63.5 Å². The molecule has 15 heteroatoms. The molecule has 1 aliphatic carbocycles. The molecule has 7 nitrogen and oxygen atoms in total. The van der Waals surface area contributed by atoms with Gasteiger partial charge in [0.25, 0.3) is 8.32 Å². The summed E-state index contributed by atoms with van der Waals surface area (Å²) in [6.45, 7) is 5.06. The molecule has 66 heavy (non-hydrogen) atoms. The van der Waals surface area contributed by atoms with E-state index < -0.39 is 96.4 Å². The number of allylic oxidation sites excluding steroid dienone is 1. The van der Waals surface area contributed by atoms with Crippen molar-refractivity contribution >= 4 is 47.8 Å². The number of aromatic hydroxyl groups is 1. The number of aliphatic hydroxyl groups is 2. The molecule has 0 radical (unpaired) electrons. The molecule has 0 spiro atoms. The molecule has 7 rings (SSSR count). The van der Waals surface area contributed by atoms with Crippen LogP contribution < -0.4 is 15.3 Å². The number of alkyl halides is 6. The average molecular weight is 932 g/mol. The van der Waals surface area contributed by atoms with Crippen LogP contribution in [0.25, 0.3) is 11.6 Å². The molecule has 0 saturated carbocycles. The van der Waals surface area contributed by atoms with Crippen LogP contribution in [0.5, 0.6) is 5.75 Å². The molecule has 0 unspecified atom stereocenters. The second-order valence-corrected chi connectivity index (χ2v) is 22.0. The van der Waals surface area contributed by atoms with E-state index >= 15 is 0 Å². The van der Waals surface area contributed by atoms with Crippen molar-refractivity contribution in [3.8, 4) is 5.75 Å². The molecule has 346 valence electrons. The number of aliphatic hydroxyl groups excluding tert-OH is 2. The molecule has 2 amide bonds. The highest BCUT2D eigenvalue weighted by Gasteiger charge is 2.57. The number of fused-ring (bicyclic) bond motifs is 1. The third-order valence-corrected chi connectivity index (χ3v) is 17.6. The molecule has 1 aliphatic heterocycles. The van der Waals surface area contributed by atoms with E-state index in [4.69, 9.17) is 4.43 Å². The number of hydrogen-bond donors (Lipinski definition) is 3. The van der Waals surface area contributed by atoms with Crippen molar-refractivity contribution in [2.75, 3.05) is 18.1 Å². The summed E-state index contributed by atoms with van der Waals surface area (Å²) in [6, 6.07) is 32.6. The van der Waals surface area contributed by atoms with Crippen LogP contribution >= 0.6 is 0 Å². The van der Waals surface area contributed by atoms with Gasteiger partial charge >= 0.3 is 12.4 Å². The van der Waals surface area contributed by atoms with Gasteiger partial charge in [0.1, 0.15) is 0 Å². The van der Waals surface area contributed by atoms with E-state index in [1.165, 1.54) is 12.1 Å². The summed E-state index contributed by atoms with van der Waals surface area (Å²) in [6.07, 6.45) is -10.5. The Morgan fingerprint density at radius 1 is 0.788 bits per heavy atom. The summed E-state index contributed by atoms with van der Waals surface area (Å²) in [4.78, 5) is 29.3. The monoisotopic (exact) mass is 931 g/mol. The highest BCUT2D eigenvalue weighted by molar-refractivity contribution is 6.99. The molecule has 1 fully saturated rings. The number of phenolic OH excluding ortho intramolecular Hbond substituents is 1. The second-order valence-electron chi connectivity index (χ2n) is 17.7. The van der Waals surface area contributed by atoms with Gasteiger partial charge in [-0.15, -0.1) is 0 Å². The van der Waals surface area contributed by atoms with Crippen molar-refractivity contribution in [1.29, 1.82) is 0 Å². The SMILES string of the molecule is CC(C)(C)[Si](OCC1=C([C@H](O)CC/C(=C/c2ccc(O)c(F)c2)c2ccccc2)[C@H](CO)[C@@H]2C(=O)N(c3cc(C(F)(F)F)cc(C(F)(F)F)c3)C(=O)[C@@H]2C1)(c1ccccc1)c1ccccc1. The number of amides is 2. The summed E-state index contributed by atoms with van der Waals surface area (Å²) in [7, 11) is -3.35. The molecule has 5 aromatic carbocycles. The molecule has 5 aromatic rings. The Kier molecular flexibility index (Phi) is 13.7. The van der Waals surface area contributed by atoms with Crippen molar-refractivity contribution in [2.24, 2.45) is 17.8 Å². The van der Waals surface area contributed by atoms with Gasteiger partial charge in [0, 0.05) is 5.92 Å². The van der Waals surface area contributed by atoms with Crippen molar-refractivity contribution in [1.82, 2.24) is 0 Å². The van der Waals surface area contributed by atoms with E-state index in [-0.39, 0.29) is 37.5 Å². The number of hydrogen-bond acceptors (Lipinski definition) is 6. The number of phenols is 1. The van der Waals surface area contributed by atoms with Gasteiger partial charge in [0.05, 0.1) is 48.0 Å². The first-order valence-corrected chi connectivity index (χ1v) is 23.2. The van der Waals surface area contributed by atoms with Gasteiger partial charge in [0.2, 0.25) is 11.8 Å². The third-order valence-electron chi connectivity index (χ3n) is 12.6. The van der Waals surface area contributed by atoms with E-state index in [2.05, 4.69) is 0 Å². The van der Waals surface area contributed by atoms with Crippen LogP contribution in [-0.4, -0.2) is 54.8 Å². The maximum atomic E-state index is 14.5. The molecule has 1 saturated heterocycles. The molecular formula is C51H48F7NO6Si. The summed E-state index contributed by atoms with van der Waals surface area (Å²) in [5.41, 5.74) is -2.06. The normalized spacial score (nSPS) is 19.1. The number of benzene rings is 5. The molecule has 0 bridgehead atoms. The highest BCUT2D eigenvalue weighted by Crippen LogP contribution is 2.49. The quantitative estimate of drug-likeness (QED) is 0.0357. The Bertz CT molecular complexity index is 2560. The van der Waals surface area contributed by atoms with Crippen LogP contribution in [0.2, 0.25) is 5.04 Å². The van der Waals surface area contributed by atoms with E-state index in [1.807, 2.05) is 93.6 Å². The Balaban J connectivity index is 1.35. The number of anilines is 1. The van der Waals surface area contributed by atoms with E-state index in [0.29, 0.717) is 33.7 Å². The zero-order chi connectivity index (χ0) is 47.8. The molecule has 1 heterocycles. The van der Waals surface area contributed by atoms with Crippen molar-refractivity contribution in [3.05, 3.63) is 167 Å². The number of imide groups is 1. The standard InChI is InChI=1S/C51H48F7NO6Si/c1-49(2,3)66(38-15-9-5-10-16-38,39-17-11-6-12-18-39)65-30-34-25-40-46(48(64)59(47(40)63)37-27-35(50(53,54)55)26-36(28-37)51(56,57)58)41(29-60)45(34)44(62)22-20-33(32-13-7-4-8-14-32)23-31-19-21-43(61)42(52)24-31/h4-19,21,23-24,26-28,40-41,44,46,60-62H,20,22,25,29-30H2,1-3H3/b33-23-/t40-,41+,44-,46-/m1/s1. The summed E-state index contributed by atoms with van der Waals surface area (Å²) in [5.74, 6) is -7.70. The summed E-state index contributed by atoms with van der Waals surface area (Å²) < 4.78 is 106. The first kappa shape index (κ1) is 48.1. The van der Waals surface area contributed by atoms with Gasteiger partial charge in [-0.2, -0.15) is 26.3 Å². The molecule has 4 atom stereocenters. The van der Waals surface area contributed by atoms with Crippen molar-refractivity contribution in [3.63, 3.8) is 0 Å². The van der Waals surface area contributed by atoms with Crippen LogP contribution in [0, 0.1) is 23.6 Å². The lowest BCUT2D eigenvalue weighted by molar-refractivity contribution is -0.143. The summed E-state index contributed by atoms with van der Waals surface area (Å²) >= 11 is 0. The Labute approximate surface area is 378 Å². The molecular weight excluding hydrogens is 884 g/mol. The maximum Gasteiger partial charge on any atom is 0.416 e. The lowest BCUT2D eigenvalue weighted by atomic mass is 9.68. The Hall–Kier alpha value is -5.87. The fourth-order valence-corrected chi connectivity index (χ4v) is 14.1. The predicted octanol–water partition coefficient (Wildman–Crippen LogP) is 9.94. The fraction of sp³-hybridized carbons (Fsp3) is 0.294. The van der Waals surface area contributed by atoms with Gasteiger partial charge in [-0.1, -0.05) is 124 Å². The van der Waals surface area contributed by atoms with E-state index in [1.54, 1.807) is 24.3 Å². The molecule has 0 aromatic heterocycles. The van der Waals surface area contributed by atoms with Gasteiger partial charge in [0.15, 0.2) is 11.6 Å². The predicted molar refractivity (Wildman–Crippen MR) is 239 cm³/mol. The molecule has 2 aliphatic rings. The lowest BCUT2D eigenvalue weighted by Crippen LogP contribution is -2.66. The zero-order valence-electron chi connectivity index (χ0n) is 36.2. The largest absolute Gasteiger partial charge is 0.505 e. The fourth-order valence-electron chi connectivity index (χ4n) is 9.58. The number of carbonyl (C=O) groups is 2. The Morgan fingerprint density at radius 3 is 1.83 bits per heavy atom. The first-order chi connectivity index (χ1) is 31.2. The van der Waals surface area contributed by atoms with Gasteiger partial charge in [-0.3, -0.25) is 9.59 Å². The first-order valence-electron chi connectivity index (χ1n) is 21.3. The average Bonchev–Trinajstić information content (AvgIpc) is 3.53. The summed E-state index contributed by atoms with van der Waals surface area (Å²) in [5, 5.41) is 34.7. The van der Waals surface area contributed by atoms with E-state index in [9.17, 15) is 55.6 Å². The molecule has 3 N–H and O–H groups in total. The highest BCUT2D eigenvalue weighted by atomic mass is 28.4. The van der Waals surface area contributed by atoms with Crippen LogP contribution in [0.3, 0.4) is 0 Å². The Morgan fingerprint density at radius 2 is 1.33 bits per heavy atom. The zero-order valence-corrected chi connectivity index (χ0v) is 37.2. The topological polar surface area (TPSA) is 107 Å². The van der Waals surface area contributed by atoms with Crippen LogP contribution in [0.1, 0.15) is 62.3 Å². The van der Waals surface area contributed by atoms with Gasteiger partial charge in [-0.05, 0) is 92.9 Å². The van der Waals surface area contributed by atoms with Crippen LogP contribution in [0.4, 0.5) is 36.4 Å². The third kappa shape index (κ3) is 9.52. The number of rotatable bonds is 13. The minimum absolute atomic E-state index is 0.0539. The maximum absolute atomic E-state index is 14.5. The number of carbonyl (C=O) groups excluding carboxylic acids is 2. The van der Waals surface area contributed by atoms with Gasteiger partial charge in [-0.25, -0.2) is 9.29 Å². The number of nitrogens with zero attached hydrogens (tertiary/aromatic N) is 1. The van der Waals surface area contributed by atoms with E-state index in [0.717, 1.165) is 22.0 Å². The number of halogens is 7. The second kappa shape index (κ2) is 18.8. The minimum Gasteiger partial charge on any atom is -0.505 e. The van der Waals surface area contributed by atoms with Crippen LogP contribution in [-0.2, 0) is 26.4 Å². The van der Waals surface area contributed by atoms with Crippen LogP contribution in [0.15, 0.2) is 139 Å². The lowest BCUT2D eigenvalue weighted by Gasteiger charge is -2.44. The van der Waals surface area contributed by atoms with Gasteiger partial charge < -0.3 is 19.7 Å². The minimum atomic E-state index is -5.27.